The molecule has 0 spiro atoms. The summed E-state index contributed by atoms with van der Waals surface area (Å²) < 4.78 is 0. The second kappa shape index (κ2) is 6.86. The predicted molar refractivity (Wildman–Crippen MR) is 75.7 cm³/mol. The fourth-order valence-electron chi connectivity index (χ4n) is 2.75. The Morgan fingerprint density at radius 3 is 3.06 bits per heavy atom. The molecule has 0 amide bonds. The molecule has 0 bridgehead atoms. The number of pyridine rings is 1. The van der Waals surface area contributed by atoms with Crippen LogP contribution in [0.4, 0.5) is 0 Å². The minimum absolute atomic E-state index is 0.474. The van der Waals surface area contributed by atoms with Gasteiger partial charge < -0.3 is 10.2 Å². The Balaban J connectivity index is 1.78. The number of aryl methyl sites for hydroxylation is 1. The van der Waals surface area contributed by atoms with Crippen LogP contribution >= 0.6 is 0 Å². The fourth-order valence-corrected chi connectivity index (χ4v) is 2.75. The van der Waals surface area contributed by atoms with E-state index in [0.717, 1.165) is 19.6 Å². The van der Waals surface area contributed by atoms with Crippen molar-refractivity contribution in [1.29, 1.82) is 0 Å². The topological polar surface area (TPSA) is 28.2 Å². The third-order valence-electron chi connectivity index (χ3n) is 3.76. The molecule has 3 nitrogen and oxygen atoms in total. The summed E-state index contributed by atoms with van der Waals surface area (Å²) in [5, 5.41) is 3.66. The minimum atomic E-state index is 0.474. The zero-order valence-corrected chi connectivity index (χ0v) is 11.7. The van der Waals surface area contributed by atoms with E-state index in [1.165, 1.54) is 37.1 Å². The molecule has 0 fully saturated rings. The van der Waals surface area contributed by atoms with Crippen molar-refractivity contribution in [1.82, 2.24) is 15.2 Å². The maximum atomic E-state index is 4.52. The third kappa shape index (κ3) is 3.30. The first-order valence-electron chi connectivity index (χ1n) is 7.24. The van der Waals surface area contributed by atoms with Gasteiger partial charge in [-0.25, -0.2) is 0 Å². The number of nitrogens with one attached hydrogen (secondary N) is 1. The normalized spacial score (nSPS) is 18.3. The lowest BCUT2D eigenvalue weighted by Gasteiger charge is -2.21. The Hall–Kier alpha value is -0.930. The van der Waals surface area contributed by atoms with E-state index in [2.05, 4.69) is 35.1 Å². The van der Waals surface area contributed by atoms with Crippen LogP contribution in [-0.4, -0.2) is 36.1 Å². The Kier molecular flexibility index (Phi) is 5.14. The van der Waals surface area contributed by atoms with Crippen LogP contribution in [0.5, 0.6) is 0 Å². The Morgan fingerprint density at radius 1 is 1.39 bits per heavy atom. The maximum absolute atomic E-state index is 4.52. The van der Waals surface area contributed by atoms with Crippen LogP contribution < -0.4 is 5.32 Å². The first-order chi connectivity index (χ1) is 8.85. The van der Waals surface area contributed by atoms with Gasteiger partial charge in [0.1, 0.15) is 0 Å². The highest BCUT2D eigenvalue weighted by molar-refractivity contribution is 5.27. The molecule has 1 N–H and O–H groups in total. The molecule has 1 aromatic heterocycles. The monoisotopic (exact) mass is 247 g/mol. The van der Waals surface area contributed by atoms with Gasteiger partial charge in [0, 0.05) is 19.3 Å². The Morgan fingerprint density at radius 2 is 2.28 bits per heavy atom. The molecule has 1 heterocycles. The van der Waals surface area contributed by atoms with E-state index in [1.807, 2.05) is 12.3 Å². The van der Waals surface area contributed by atoms with Crippen molar-refractivity contribution in [3.05, 3.63) is 29.6 Å². The van der Waals surface area contributed by atoms with Crippen LogP contribution in [0, 0.1) is 0 Å². The molecule has 0 saturated heterocycles. The largest absolute Gasteiger partial charge is 0.307 e. The van der Waals surface area contributed by atoms with E-state index in [1.54, 1.807) is 0 Å². The second-order valence-corrected chi connectivity index (χ2v) is 5.03. The quantitative estimate of drug-likeness (QED) is 0.802. The number of hydrogen-bond acceptors (Lipinski definition) is 3. The predicted octanol–water partition coefficient (Wildman–Crippen LogP) is 2.39. The van der Waals surface area contributed by atoms with Crippen LogP contribution in [0.25, 0.3) is 0 Å². The summed E-state index contributed by atoms with van der Waals surface area (Å²) in [7, 11) is 0. The summed E-state index contributed by atoms with van der Waals surface area (Å²) in [6.07, 6.45) is 5.52. The van der Waals surface area contributed by atoms with Gasteiger partial charge in [-0.3, -0.25) is 4.98 Å². The van der Waals surface area contributed by atoms with Gasteiger partial charge in [0.15, 0.2) is 0 Å². The molecule has 1 atom stereocenters. The second-order valence-electron chi connectivity index (χ2n) is 5.03. The number of nitrogens with zero attached hydrogens (tertiary/aromatic N) is 2. The van der Waals surface area contributed by atoms with Crippen LogP contribution in [0.2, 0.25) is 0 Å². The number of rotatable bonds is 7. The summed E-state index contributed by atoms with van der Waals surface area (Å²) >= 11 is 0. The molecule has 0 aliphatic heterocycles. The molecular formula is C15H25N3. The highest BCUT2D eigenvalue weighted by Crippen LogP contribution is 2.28. The van der Waals surface area contributed by atoms with Crippen LogP contribution in [0.3, 0.4) is 0 Å². The molecule has 0 radical (unpaired) electrons. The maximum Gasteiger partial charge on any atom is 0.0605 e. The first kappa shape index (κ1) is 13.5. The highest BCUT2D eigenvalue weighted by atomic mass is 15.1. The molecule has 100 valence electrons. The minimum Gasteiger partial charge on any atom is -0.307 e. The third-order valence-corrected chi connectivity index (χ3v) is 3.76. The van der Waals surface area contributed by atoms with Crippen LogP contribution in [-0.2, 0) is 6.42 Å². The Bertz CT molecular complexity index is 365. The zero-order chi connectivity index (χ0) is 12.8. The van der Waals surface area contributed by atoms with Crippen molar-refractivity contribution in [2.45, 2.75) is 39.2 Å². The van der Waals surface area contributed by atoms with E-state index >= 15 is 0 Å². The SMILES string of the molecule is CCCN(CC)CCNC1CCc2cccnc21. The average molecular weight is 247 g/mol. The molecule has 3 heteroatoms. The highest BCUT2D eigenvalue weighted by Gasteiger charge is 2.22. The average Bonchev–Trinajstić information content (AvgIpc) is 2.81. The molecule has 1 unspecified atom stereocenters. The van der Waals surface area contributed by atoms with Crippen molar-refractivity contribution in [3.8, 4) is 0 Å². The van der Waals surface area contributed by atoms with Gasteiger partial charge in [-0.2, -0.15) is 0 Å². The van der Waals surface area contributed by atoms with Gasteiger partial charge >= 0.3 is 0 Å². The van der Waals surface area contributed by atoms with Crippen molar-refractivity contribution in [3.63, 3.8) is 0 Å². The number of likely N-dealkylation sites (N-methyl/N-ethyl adjacent to an activating group) is 1. The summed E-state index contributed by atoms with van der Waals surface area (Å²) in [4.78, 5) is 7.02. The van der Waals surface area contributed by atoms with E-state index < -0.39 is 0 Å². The standard InChI is InChI=1S/C15H25N3/c1-3-11-18(4-2)12-10-16-14-8-7-13-6-5-9-17-15(13)14/h5-6,9,14,16H,3-4,7-8,10-12H2,1-2H3. The first-order valence-corrected chi connectivity index (χ1v) is 7.24. The molecule has 0 saturated carbocycles. The molecule has 1 aromatic rings. The van der Waals surface area contributed by atoms with Gasteiger partial charge in [-0.15, -0.1) is 0 Å². The molecule has 0 aromatic carbocycles. The number of aromatic nitrogens is 1. The van der Waals surface area contributed by atoms with Gasteiger partial charge in [0.05, 0.1) is 11.7 Å². The van der Waals surface area contributed by atoms with E-state index in [4.69, 9.17) is 0 Å². The molecule has 1 aliphatic rings. The van der Waals surface area contributed by atoms with E-state index in [9.17, 15) is 0 Å². The number of fused-ring (bicyclic) bond motifs is 1. The van der Waals surface area contributed by atoms with Crippen molar-refractivity contribution in [2.75, 3.05) is 26.2 Å². The van der Waals surface area contributed by atoms with E-state index in [-0.39, 0.29) is 0 Å². The fraction of sp³-hybridized carbons (Fsp3) is 0.667. The van der Waals surface area contributed by atoms with Gasteiger partial charge in [-0.05, 0) is 44.0 Å². The number of hydrogen-bond donors (Lipinski definition) is 1. The lowest BCUT2D eigenvalue weighted by molar-refractivity contribution is 0.282. The lowest BCUT2D eigenvalue weighted by atomic mass is 10.2. The van der Waals surface area contributed by atoms with Gasteiger partial charge in [0.25, 0.3) is 0 Å². The molecule has 18 heavy (non-hydrogen) atoms. The van der Waals surface area contributed by atoms with Crippen molar-refractivity contribution >= 4 is 0 Å². The zero-order valence-electron chi connectivity index (χ0n) is 11.7. The van der Waals surface area contributed by atoms with E-state index in [0.29, 0.717) is 6.04 Å². The summed E-state index contributed by atoms with van der Waals surface area (Å²) in [5.74, 6) is 0. The van der Waals surface area contributed by atoms with Crippen LogP contribution in [0.15, 0.2) is 18.3 Å². The van der Waals surface area contributed by atoms with Crippen LogP contribution in [0.1, 0.15) is 44.0 Å². The molecular weight excluding hydrogens is 222 g/mol. The van der Waals surface area contributed by atoms with Gasteiger partial charge in [0.2, 0.25) is 0 Å². The molecule has 1 aliphatic carbocycles. The summed E-state index contributed by atoms with van der Waals surface area (Å²) in [5.41, 5.74) is 2.70. The van der Waals surface area contributed by atoms with Crippen molar-refractivity contribution in [2.24, 2.45) is 0 Å². The van der Waals surface area contributed by atoms with Crippen molar-refractivity contribution < 1.29 is 0 Å². The summed E-state index contributed by atoms with van der Waals surface area (Å²) in [6.45, 7) is 9.04. The smallest absolute Gasteiger partial charge is 0.0605 e. The lowest BCUT2D eigenvalue weighted by Crippen LogP contribution is -2.34. The summed E-state index contributed by atoms with van der Waals surface area (Å²) in [6, 6.07) is 4.72. The molecule has 2 rings (SSSR count). The van der Waals surface area contributed by atoms with Gasteiger partial charge in [-0.1, -0.05) is 19.9 Å². The Labute approximate surface area is 111 Å².